The first-order valence-corrected chi connectivity index (χ1v) is 7.17. The molecule has 0 saturated heterocycles. The highest BCUT2D eigenvalue weighted by atomic mass is 32.1. The van der Waals surface area contributed by atoms with E-state index in [9.17, 15) is 0 Å². The number of hydrogen-bond donors (Lipinski definition) is 1. The average Bonchev–Trinajstić information content (AvgIpc) is 2.76. The van der Waals surface area contributed by atoms with E-state index in [0.29, 0.717) is 0 Å². The van der Waals surface area contributed by atoms with E-state index in [1.54, 1.807) is 11.3 Å². The molecule has 0 aromatic carbocycles. The summed E-state index contributed by atoms with van der Waals surface area (Å²) in [7, 11) is 0. The predicted octanol–water partition coefficient (Wildman–Crippen LogP) is 3.46. The molecule has 0 amide bonds. The Hall–Kier alpha value is -0.480. The summed E-state index contributed by atoms with van der Waals surface area (Å²) in [6, 6.07) is 0.0753. The summed E-state index contributed by atoms with van der Waals surface area (Å²) < 4.78 is 0. The van der Waals surface area contributed by atoms with Crippen molar-refractivity contribution >= 4 is 11.3 Å². The van der Waals surface area contributed by atoms with Crippen LogP contribution in [0.5, 0.6) is 0 Å². The Morgan fingerprint density at radius 1 is 1.12 bits per heavy atom. The molecule has 1 atom stereocenters. The van der Waals surface area contributed by atoms with Crippen LogP contribution in [0.25, 0.3) is 0 Å². The molecule has 1 rings (SSSR count). The SMILES string of the molecule is CCCCCCCc1nnc(C(N)CC)s1. The fraction of sp³-hybridized carbons (Fsp3) is 0.833. The summed E-state index contributed by atoms with van der Waals surface area (Å²) in [4.78, 5) is 0. The standard InChI is InChI=1S/C12H23N3S/c1-3-5-6-7-8-9-11-14-15-12(16-11)10(13)4-2/h10H,3-9,13H2,1-2H3. The van der Waals surface area contributed by atoms with Crippen LogP contribution < -0.4 is 5.73 Å². The van der Waals surface area contributed by atoms with Gasteiger partial charge in [0.05, 0.1) is 6.04 Å². The Morgan fingerprint density at radius 3 is 2.56 bits per heavy atom. The van der Waals surface area contributed by atoms with E-state index in [1.807, 2.05) is 0 Å². The smallest absolute Gasteiger partial charge is 0.134 e. The van der Waals surface area contributed by atoms with Crippen molar-refractivity contribution in [3.05, 3.63) is 10.0 Å². The molecule has 16 heavy (non-hydrogen) atoms. The molecule has 0 saturated carbocycles. The second-order valence-electron chi connectivity index (χ2n) is 4.21. The van der Waals surface area contributed by atoms with Crippen molar-refractivity contribution in [2.45, 2.75) is 64.8 Å². The monoisotopic (exact) mass is 241 g/mol. The normalized spacial score (nSPS) is 12.9. The van der Waals surface area contributed by atoms with Crippen molar-refractivity contribution in [2.75, 3.05) is 0 Å². The fourth-order valence-electron chi connectivity index (χ4n) is 1.57. The molecule has 2 N–H and O–H groups in total. The lowest BCUT2D eigenvalue weighted by molar-refractivity contribution is 0.629. The van der Waals surface area contributed by atoms with Crippen molar-refractivity contribution in [2.24, 2.45) is 5.73 Å². The number of aryl methyl sites for hydroxylation is 1. The summed E-state index contributed by atoms with van der Waals surface area (Å²) in [6.07, 6.45) is 8.54. The van der Waals surface area contributed by atoms with Gasteiger partial charge in [0.15, 0.2) is 0 Å². The van der Waals surface area contributed by atoms with Crippen LogP contribution in [0.2, 0.25) is 0 Å². The molecule has 0 aliphatic rings. The van der Waals surface area contributed by atoms with Crippen LogP contribution in [-0.2, 0) is 6.42 Å². The molecule has 0 radical (unpaired) electrons. The van der Waals surface area contributed by atoms with Gasteiger partial charge < -0.3 is 5.73 Å². The zero-order valence-corrected chi connectivity index (χ0v) is 11.2. The maximum Gasteiger partial charge on any atom is 0.134 e. The maximum absolute atomic E-state index is 5.91. The van der Waals surface area contributed by atoms with Crippen molar-refractivity contribution in [1.82, 2.24) is 10.2 Å². The number of nitrogens with two attached hydrogens (primary N) is 1. The Kier molecular flexibility index (Phi) is 6.57. The molecule has 0 fully saturated rings. The molecule has 0 spiro atoms. The fourth-order valence-corrected chi connectivity index (χ4v) is 2.54. The average molecular weight is 241 g/mol. The van der Waals surface area contributed by atoms with Gasteiger partial charge in [-0.05, 0) is 12.8 Å². The van der Waals surface area contributed by atoms with Gasteiger partial charge >= 0.3 is 0 Å². The van der Waals surface area contributed by atoms with Gasteiger partial charge in [-0.2, -0.15) is 0 Å². The summed E-state index contributed by atoms with van der Waals surface area (Å²) >= 11 is 1.68. The zero-order chi connectivity index (χ0) is 11.8. The summed E-state index contributed by atoms with van der Waals surface area (Å²) in [5, 5.41) is 10.5. The van der Waals surface area contributed by atoms with Gasteiger partial charge in [0.1, 0.15) is 10.0 Å². The second kappa shape index (κ2) is 7.74. The van der Waals surface area contributed by atoms with Crippen LogP contribution in [0.3, 0.4) is 0 Å². The van der Waals surface area contributed by atoms with Crippen molar-refractivity contribution < 1.29 is 0 Å². The van der Waals surface area contributed by atoms with Crippen molar-refractivity contribution in [1.29, 1.82) is 0 Å². The van der Waals surface area contributed by atoms with E-state index in [1.165, 1.54) is 32.1 Å². The Morgan fingerprint density at radius 2 is 1.88 bits per heavy atom. The van der Waals surface area contributed by atoms with Gasteiger partial charge in [-0.1, -0.05) is 50.9 Å². The lowest BCUT2D eigenvalue weighted by Crippen LogP contribution is -2.07. The minimum atomic E-state index is 0.0753. The van der Waals surface area contributed by atoms with Crippen LogP contribution in [-0.4, -0.2) is 10.2 Å². The number of aromatic nitrogens is 2. The van der Waals surface area contributed by atoms with Crippen molar-refractivity contribution in [3.8, 4) is 0 Å². The number of unbranched alkanes of at least 4 members (excludes halogenated alkanes) is 4. The molecule has 1 aromatic rings. The quantitative estimate of drug-likeness (QED) is 0.709. The van der Waals surface area contributed by atoms with E-state index >= 15 is 0 Å². The molecular weight excluding hydrogens is 218 g/mol. The number of nitrogens with zero attached hydrogens (tertiary/aromatic N) is 2. The molecular formula is C12H23N3S. The third-order valence-corrected chi connectivity index (χ3v) is 3.85. The van der Waals surface area contributed by atoms with Crippen LogP contribution >= 0.6 is 11.3 Å². The van der Waals surface area contributed by atoms with Gasteiger partial charge in [0, 0.05) is 6.42 Å². The summed E-state index contributed by atoms with van der Waals surface area (Å²) in [5.74, 6) is 0. The minimum absolute atomic E-state index is 0.0753. The Labute approximate surface area is 102 Å². The van der Waals surface area contributed by atoms with Gasteiger partial charge in [-0.3, -0.25) is 0 Å². The largest absolute Gasteiger partial charge is 0.322 e. The predicted molar refractivity (Wildman–Crippen MR) is 69.6 cm³/mol. The maximum atomic E-state index is 5.91. The van der Waals surface area contributed by atoms with E-state index in [4.69, 9.17) is 5.73 Å². The molecule has 3 nitrogen and oxygen atoms in total. The first kappa shape index (κ1) is 13.6. The highest BCUT2D eigenvalue weighted by Gasteiger charge is 2.09. The van der Waals surface area contributed by atoms with Crippen LogP contribution in [0.15, 0.2) is 0 Å². The van der Waals surface area contributed by atoms with Crippen molar-refractivity contribution in [3.63, 3.8) is 0 Å². The summed E-state index contributed by atoms with van der Waals surface area (Å²) in [6.45, 7) is 4.32. The first-order chi connectivity index (χ1) is 7.77. The number of hydrogen-bond acceptors (Lipinski definition) is 4. The molecule has 0 aliphatic carbocycles. The zero-order valence-electron chi connectivity index (χ0n) is 10.4. The molecule has 4 heteroatoms. The third-order valence-electron chi connectivity index (χ3n) is 2.73. The van der Waals surface area contributed by atoms with Crippen LogP contribution in [0, 0.1) is 0 Å². The molecule has 0 bridgehead atoms. The van der Waals surface area contributed by atoms with E-state index < -0.39 is 0 Å². The van der Waals surface area contributed by atoms with E-state index in [0.717, 1.165) is 22.9 Å². The molecule has 1 heterocycles. The number of rotatable bonds is 8. The second-order valence-corrected chi connectivity index (χ2v) is 5.31. The van der Waals surface area contributed by atoms with Crippen LogP contribution in [0.1, 0.15) is 68.4 Å². The molecule has 1 aromatic heterocycles. The third kappa shape index (κ3) is 4.58. The highest BCUT2D eigenvalue weighted by Crippen LogP contribution is 2.20. The van der Waals surface area contributed by atoms with Gasteiger partial charge in [0.25, 0.3) is 0 Å². The Balaban J connectivity index is 2.24. The van der Waals surface area contributed by atoms with E-state index in [2.05, 4.69) is 24.0 Å². The molecule has 0 aliphatic heterocycles. The minimum Gasteiger partial charge on any atom is -0.322 e. The highest BCUT2D eigenvalue weighted by molar-refractivity contribution is 7.11. The lowest BCUT2D eigenvalue weighted by Gasteiger charge is -2.00. The topological polar surface area (TPSA) is 51.8 Å². The summed E-state index contributed by atoms with van der Waals surface area (Å²) in [5.41, 5.74) is 5.91. The lowest BCUT2D eigenvalue weighted by atomic mass is 10.1. The first-order valence-electron chi connectivity index (χ1n) is 6.35. The van der Waals surface area contributed by atoms with Gasteiger partial charge in [-0.25, -0.2) is 0 Å². The molecule has 1 unspecified atom stereocenters. The van der Waals surface area contributed by atoms with Gasteiger partial charge in [-0.15, -0.1) is 10.2 Å². The molecule has 92 valence electrons. The van der Waals surface area contributed by atoms with Gasteiger partial charge in [0.2, 0.25) is 0 Å². The van der Waals surface area contributed by atoms with E-state index in [-0.39, 0.29) is 6.04 Å². The van der Waals surface area contributed by atoms with Crippen LogP contribution in [0.4, 0.5) is 0 Å². The Bertz CT molecular complexity index is 286.